The van der Waals surface area contributed by atoms with Gasteiger partial charge in [-0.15, -0.1) is 0 Å². The SMILES string of the molecule is N/C(=N\C(NCC1CCCN(C(=O)c2ccc(F)c(F)c2)C1)=C(\F)CI)c1c[nH]c2ncc(Cl)cc12. The molecular weight excluding hydrogens is 608 g/mol. The summed E-state index contributed by atoms with van der Waals surface area (Å²) in [4.78, 5) is 25.9. The molecule has 1 saturated heterocycles. The van der Waals surface area contributed by atoms with Gasteiger partial charge in [0.1, 0.15) is 11.5 Å². The molecule has 190 valence electrons. The first kappa shape index (κ1) is 26.3. The Kier molecular flexibility index (Phi) is 8.39. The number of nitrogens with one attached hydrogen (secondary N) is 2. The highest BCUT2D eigenvalue weighted by molar-refractivity contribution is 14.1. The molecule has 0 aliphatic carbocycles. The lowest BCUT2D eigenvalue weighted by Crippen LogP contribution is -2.43. The molecule has 0 bridgehead atoms. The molecule has 3 heterocycles. The number of hydrogen-bond acceptors (Lipinski definition) is 4. The van der Waals surface area contributed by atoms with Crippen LogP contribution in [0.3, 0.4) is 0 Å². The van der Waals surface area contributed by atoms with Crippen LogP contribution in [-0.4, -0.2) is 50.7 Å². The van der Waals surface area contributed by atoms with Crippen molar-refractivity contribution in [1.82, 2.24) is 20.2 Å². The van der Waals surface area contributed by atoms with Gasteiger partial charge in [0.2, 0.25) is 0 Å². The number of likely N-dealkylation sites (tertiary alicyclic amines) is 1. The van der Waals surface area contributed by atoms with E-state index in [9.17, 15) is 18.0 Å². The summed E-state index contributed by atoms with van der Waals surface area (Å²) in [5.74, 6) is -2.82. The number of aromatic nitrogens is 2. The van der Waals surface area contributed by atoms with Gasteiger partial charge in [0, 0.05) is 48.5 Å². The second kappa shape index (κ2) is 11.5. The van der Waals surface area contributed by atoms with Gasteiger partial charge in [0.15, 0.2) is 23.3 Å². The third-order valence-corrected chi connectivity index (χ3v) is 6.79. The zero-order valence-electron chi connectivity index (χ0n) is 19.0. The highest BCUT2D eigenvalue weighted by Gasteiger charge is 2.25. The van der Waals surface area contributed by atoms with Gasteiger partial charge in [-0.2, -0.15) is 0 Å². The van der Waals surface area contributed by atoms with Crippen molar-refractivity contribution in [2.75, 3.05) is 24.1 Å². The standard InChI is InChI=1S/C24H23ClF3IN6O/c25-15-7-16-17(11-33-22(16)32-10-15)21(30)34-23(20(28)8-29)31-9-13-2-1-5-35(12-13)24(36)14-3-4-18(26)19(27)6-14/h3-4,6-7,10-11,13,31H,1-2,5,8-9,12H2,(H2,30,34)(H,32,33)/b23-20+. The van der Waals surface area contributed by atoms with Crippen LogP contribution in [0, 0.1) is 17.6 Å². The van der Waals surface area contributed by atoms with Crippen LogP contribution in [0.5, 0.6) is 0 Å². The molecule has 1 aliphatic heterocycles. The van der Waals surface area contributed by atoms with Gasteiger partial charge in [-0.05, 0) is 43.0 Å². The average Bonchev–Trinajstić information content (AvgIpc) is 3.30. The number of alkyl halides is 1. The van der Waals surface area contributed by atoms with Crippen LogP contribution in [0.4, 0.5) is 13.2 Å². The summed E-state index contributed by atoms with van der Waals surface area (Å²) < 4.78 is 41.6. The fourth-order valence-corrected chi connectivity index (χ4v) is 4.62. The summed E-state index contributed by atoms with van der Waals surface area (Å²) in [5.41, 5.74) is 7.42. The first-order chi connectivity index (χ1) is 17.3. The molecule has 2 aromatic heterocycles. The van der Waals surface area contributed by atoms with Gasteiger partial charge < -0.3 is 20.9 Å². The fourth-order valence-electron chi connectivity index (χ4n) is 4.10. The van der Waals surface area contributed by atoms with Crippen molar-refractivity contribution in [2.45, 2.75) is 12.8 Å². The zero-order chi connectivity index (χ0) is 25.8. The summed E-state index contributed by atoms with van der Waals surface area (Å²) in [6, 6.07) is 4.81. The lowest BCUT2D eigenvalue weighted by atomic mass is 9.97. The minimum Gasteiger partial charge on any atom is -0.383 e. The van der Waals surface area contributed by atoms with Crippen molar-refractivity contribution in [1.29, 1.82) is 0 Å². The number of fused-ring (bicyclic) bond motifs is 1. The molecule has 3 aromatic rings. The number of aliphatic imine (C=N–C) groups is 1. The fraction of sp³-hybridized carbons (Fsp3) is 0.292. The predicted octanol–water partition coefficient (Wildman–Crippen LogP) is 4.92. The van der Waals surface area contributed by atoms with E-state index in [1.165, 1.54) is 12.3 Å². The van der Waals surface area contributed by atoms with Crippen LogP contribution in [0.2, 0.25) is 5.02 Å². The lowest BCUT2D eigenvalue weighted by molar-refractivity contribution is 0.0674. The second-order valence-electron chi connectivity index (χ2n) is 8.41. The maximum Gasteiger partial charge on any atom is 0.253 e. The van der Waals surface area contributed by atoms with Crippen LogP contribution in [0.1, 0.15) is 28.8 Å². The number of nitrogens with zero attached hydrogens (tertiary/aromatic N) is 3. The molecule has 1 atom stereocenters. The Bertz CT molecular complexity index is 1340. The molecule has 0 radical (unpaired) electrons. The number of halogens is 5. The van der Waals surface area contributed by atoms with E-state index in [0.717, 1.165) is 25.0 Å². The molecule has 1 unspecified atom stereocenters. The van der Waals surface area contributed by atoms with Gasteiger partial charge >= 0.3 is 0 Å². The molecule has 0 saturated carbocycles. The van der Waals surface area contributed by atoms with E-state index >= 15 is 0 Å². The van der Waals surface area contributed by atoms with Crippen molar-refractivity contribution in [2.24, 2.45) is 16.6 Å². The number of amidine groups is 1. The summed E-state index contributed by atoms with van der Waals surface area (Å²) in [7, 11) is 0. The number of piperidine rings is 1. The third-order valence-electron chi connectivity index (χ3n) is 5.91. The zero-order valence-corrected chi connectivity index (χ0v) is 21.9. The highest BCUT2D eigenvalue weighted by Crippen LogP contribution is 2.22. The normalized spacial score (nSPS) is 17.3. The predicted molar refractivity (Wildman–Crippen MR) is 142 cm³/mol. The second-order valence-corrected chi connectivity index (χ2v) is 9.60. The van der Waals surface area contributed by atoms with Crippen LogP contribution >= 0.6 is 34.2 Å². The number of H-pyrrole nitrogens is 1. The van der Waals surface area contributed by atoms with Crippen molar-refractivity contribution in [3.63, 3.8) is 0 Å². The van der Waals surface area contributed by atoms with E-state index in [-0.39, 0.29) is 33.5 Å². The number of benzene rings is 1. The first-order valence-electron chi connectivity index (χ1n) is 11.2. The molecule has 4 rings (SSSR count). The molecule has 1 aromatic carbocycles. The molecule has 7 nitrogen and oxygen atoms in total. The number of carbonyl (C=O) groups is 1. The van der Waals surface area contributed by atoms with Gasteiger partial charge in [-0.3, -0.25) is 4.79 Å². The Labute approximate surface area is 224 Å². The van der Waals surface area contributed by atoms with E-state index in [1.807, 2.05) is 22.6 Å². The van der Waals surface area contributed by atoms with Crippen LogP contribution < -0.4 is 11.1 Å². The van der Waals surface area contributed by atoms with E-state index in [2.05, 4.69) is 20.3 Å². The number of hydrogen-bond donors (Lipinski definition) is 3. The number of aromatic amines is 1. The Morgan fingerprint density at radius 1 is 1.33 bits per heavy atom. The minimum absolute atomic E-state index is 0.00229. The summed E-state index contributed by atoms with van der Waals surface area (Å²) in [6.45, 7) is 1.23. The first-order valence-corrected chi connectivity index (χ1v) is 13.1. The number of amides is 1. The monoisotopic (exact) mass is 630 g/mol. The Morgan fingerprint density at radius 3 is 2.89 bits per heavy atom. The smallest absolute Gasteiger partial charge is 0.253 e. The quantitative estimate of drug-likeness (QED) is 0.150. The summed E-state index contributed by atoms with van der Waals surface area (Å²) in [6.07, 6.45) is 4.67. The maximum atomic E-state index is 14.7. The topological polar surface area (TPSA) is 99.4 Å². The molecule has 1 amide bonds. The van der Waals surface area contributed by atoms with Crippen molar-refractivity contribution >= 4 is 57.0 Å². The molecule has 4 N–H and O–H groups in total. The Balaban J connectivity index is 1.46. The van der Waals surface area contributed by atoms with Crippen molar-refractivity contribution in [3.05, 3.63) is 76.1 Å². The summed E-state index contributed by atoms with van der Waals surface area (Å²) >= 11 is 7.95. The van der Waals surface area contributed by atoms with E-state index in [1.54, 1.807) is 17.2 Å². The number of rotatable bonds is 7. The largest absolute Gasteiger partial charge is 0.383 e. The van der Waals surface area contributed by atoms with Crippen LogP contribution in [0.15, 0.2) is 53.3 Å². The van der Waals surface area contributed by atoms with E-state index < -0.39 is 17.5 Å². The van der Waals surface area contributed by atoms with Gasteiger partial charge in [-0.1, -0.05) is 34.2 Å². The molecule has 36 heavy (non-hydrogen) atoms. The molecule has 1 aliphatic rings. The van der Waals surface area contributed by atoms with Crippen molar-refractivity contribution in [3.8, 4) is 0 Å². The van der Waals surface area contributed by atoms with Gasteiger partial charge in [0.05, 0.1) is 9.45 Å². The van der Waals surface area contributed by atoms with E-state index in [0.29, 0.717) is 41.3 Å². The Morgan fingerprint density at radius 2 is 2.14 bits per heavy atom. The molecule has 12 heteroatoms. The minimum atomic E-state index is -1.07. The maximum absolute atomic E-state index is 14.7. The van der Waals surface area contributed by atoms with Crippen molar-refractivity contribution < 1.29 is 18.0 Å². The summed E-state index contributed by atoms with van der Waals surface area (Å²) in [5, 5.41) is 4.14. The number of nitrogens with two attached hydrogens (primary N) is 1. The number of pyridine rings is 1. The van der Waals surface area contributed by atoms with Crippen LogP contribution in [0.25, 0.3) is 11.0 Å². The molecule has 0 spiro atoms. The number of allylic oxidation sites excluding steroid dienone is 1. The lowest BCUT2D eigenvalue weighted by Gasteiger charge is -2.33. The highest BCUT2D eigenvalue weighted by atomic mass is 127. The number of carbonyl (C=O) groups excluding carboxylic acids is 1. The van der Waals surface area contributed by atoms with Crippen LogP contribution in [-0.2, 0) is 0 Å². The van der Waals surface area contributed by atoms with Gasteiger partial charge in [-0.25, -0.2) is 23.1 Å². The Hall–Kier alpha value is -2.80. The van der Waals surface area contributed by atoms with Gasteiger partial charge in [0.25, 0.3) is 5.91 Å². The van der Waals surface area contributed by atoms with E-state index in [4.69, 9.17) is 17.3 Å². The average molecular weight is 631 g/mol. The molecule has 1 fully saturated rings. The molecular formula is C24H23ClF3IN6O. The third kappa shape index (κ3) is 5.94.